The first-order valence-corrected chi connectivity index (χ1v) is 12.8. The monoisotopic (exact) mass is 487 g/mol. The average Bonchev–Trinajstić information content (AvgIpc) is 3.10. The molecule has 4 aliphatic rings. The van der Waals surface area contributed by atoms with E-state index in [1.54, 1.807) is 0 Å². The van der Waals surface area contributed by atoms with E-state index in [-0.39, 0.29) is 11.9 Å². The van der Waals surface area contributed by atoms with E-state index in [0.717, 1.165) is 69.7 Å². The van der Waals surface area contributed by atoms with Crippen LogP contribution in [0.4, 0.5) is 5.95 Å². The van der Waals surface area contributed by atoms with Gasteiger partial charge in [0.15, 0.2) is 0 Å². The number of nitrogens with two attached hydrogens (primary N) is 1. The number of fused-ring (bicyclic) bond motifs is 2. The van der Waals surface area contributed by atoms with Crippen molar-refractivity contribution in [1.82, 2.24) is 25.7 Å². The Balaban J connectivity index is 1.18. The molecule has 2 saturated heterocycles. The Kier molecular flexibility index (Phi) is 6.72. The maximum absolute atomic E-state index is 12.0. The zero-order valence-corrected chi connectivity index (χ0v) is 20.4. The minimum atomic E-state index is -0.0297. The van der Waals surface area contributed by atoms with E-state index in [9.17, 15) is 4.79 Å². The lowest BCUT2D eigenvalue weighted by Gasteiger charge is -2.43. The molecule has 3 fully saturated rings. The molecule has 10 heteroatoms. The van der Waals surface area contributed by atoms with Gasteiger partial charge in [-0.15, -0.1) is 0 Å². The van der Waals surface area contributed by atoms with Crippen LogP contribution < -0.4 is 21.5 Å². The van der Waals surface area contributed by atoms with E-state index in [2.05, 4.69) is 20.7 Å². The van der Waals surface area contributed by atoms with Crippen LogP contribution in [0.15, 0.2) is 35.1 Å². The molecule has 4 heterocycles. The van der Waals surface area contributed by atoms with Crippen molar-refractivity contribution in [3.05, 3.63) is 40.7 Å². The average molecular weight is 488 g/mol. The number of ether oxygens (including phenoxy) is 1. The molecule has 0 amide bonds. The van der Waals surface area contributed by atoms with Gasteiger partial charge in [-0.05, 0) is 63.4 Å². The van der Waals surface area contributed by atoms with Gasteiger partial charge in [-0.25, -0.2) is 9.97 Å². The fraction of sp³-hybridized carbons (Fsp3) is 0.625. The largest absolute Gasteiger partial charge is 0.466 e. The number of likely N-dealkylation sites (tertiary alicyclic amines) is 1. The van der Waals surface area contributed by atoms with E-state index in [0.29, 0.717) is 35.6 Å². The van der Waals surface area contributed by atoms with Crippen LogP contribution in [-0.4, -0.2) is 52.6 Å². The third-order valence-corrected chi connectivity index (χ3v) is 7.80. The molecule has 0 aromatic carbocycles. The number of nitrogens with one attached hydrogen (secondary N) is 2. The summed E-state index contributed by atoms with van der Waals surface area (Å²) in [5.74, 6) is 2.03. The quantitative estimate of drug-likeness (QED) is 0.411. The Morgan fingerprint density at radius 2 is 1.79 bits per heavy atom. The van der Waals surface area contributed by atoms with E-state index < -0.39 is 0 Å². The standard InChI is InChI=1S/C24H34ClN7O2/c1-2-34-23(33)17-5-3-15(4-6-17)9-16-11-27-24(28-12-16)32-18-7-8-19(32)14-31(13-18)20-10-21(25)29-30-22(20)26/h10-12,15,17-19,29-30H,2-9,13-14,26H2,1H3. The molecule has 2 atom stereocenters. The lowest BCUT2D eigenvalue weighted by Crippen LogP contribution is -2.55. The number of hydrogen-bond donors (Lipinski definition) is 3. The lowest BCUT2D eigenvalue weighted by molar-refractivity contribution is -0.149. The molecule has 1 saturated carbocycles. The molecule has 1 aromatic rings. The summed E-state index contributed by atoms with van der Waals surface area (Å²) in [5, 5.41) is 0.535. The van der Waals surface area contributed by atoms with Crippen molar-refractivity contribution in [3.8, 4) is 0 Å². The minimum Gasteiger partial charge on any atom is -0.466 e. The normalized spacial score (nSPS) is 28.8. The maximum Gasteiger partial charge on any atom is 0.308 e. The van der Waals surface area contributed by atoms with Gasteiger partial charge in [0.1, 0.15) is 11.0 Å². The lowest BCUT2D eigenvalue weighted by atomic mass is 9.79. The molecule has 0 radical (unpaired) electrons. The first kappa shape index (κ1) is 23.1. The summed E-state index contributed by atoms with van der Waals surface area (Å²) in [5.41, 5.74) is 14.0. The number of carbonyl (C=O) groups is 1. The molecule has 5 rings (SSSR count). The number of hydrazine groups is 1. The second-order valence-electron chi connectivity index (χ2n) is 9.80. The molecular formula is C24H34ClN7O2. The molecule has 1 aromatic heterocycles. The fourth-order valence-corrected chi connectivity index (χ4v) is 6.05. The number of anilines is 1. The van der Waals surface area contributed by atoms with Gasteiger partial charge in [-0.1, -0.05) is 11.6 Å². The van der Waals surface area contributed by atoms with E-state index >= 15 is 0 Å². The third-order valence-electron chi connectivity index (χ3n) is 7.59. The van der Waals surface area contributed by atoms with Crippen LogP contribution in [0.25, 0.3) is 0 Å². The number of hydrogen-bond acceptors (Lipinski definition) is 9. The summed E-state index contributed by atoms with van der Waals surface area (Å²) < 4.78 is 5.19. The predicted octanol–water partition coefficient (Wildman–Crippen LogP) is 2.36. The van der Waals surface area contributed by atoms with Crippen molar-refractivity contribution in [2.75, 3.05) is 24.6 Å². The molecule has 184 valence electrons. The zero-order valence-electron chi connectivity index (χ0n) is 19.7. The van der Waals surface area contributed by atoms with Crippen molar-refractivity contribution >= 4 is 23.5 Å². The molecule has 2 unspecified atom stereocenters. The van der Waals surface area contributed by atoms with Crippen LogP contribution in [0.3, 0.4) is 0 Å². The van der Waals surface area contributed by atoms with Gasteiger partial charge in [0.2, 0.25) is 5.95 Å². The summed E-state index contributed by atoms with van der Waals surface area (Å²) in [6, 6.07) is 0.704. The van der Waals surface area contributed by atoms with Crippen molar-refractivity contribution in [2.45, 2.75) is 64.0 Å². The van der Waals surface area contributed by atoms with Gasteiger partial charge in [-0.3, -0.25) is 15.6 Å². The summed E-state index contributed by atoms with van der Waals surface area (Å²) in [6.45, 7) is 4.06. The van der Waals surface area contributed by atoms with Gasteiger partial charge in [0, 0.05) is 43.6 Å². The first-order chi connectivity index (χ1) is 16.5. The SMILES string of the molecule is CCOC(=O)C1CCC(Cc2cnc(N3C4CCC3CN(C3=C(N)NNC(Cl)=C3)C4)nc2)CC1. The van der Waals surface area contributed by atoms with Gasteiger partial charge in [0.25, 0.3) is 0 Å². The highest BCUT2D eigenvalue weighted by atomic mass is 35.5. The predicted molar refractivity (Wildman–Crippen MR) is 130 cm³/mol. The summed E-state index contributed by atoms with van der Waals surface area (Å²) in [7, 11) is 0. The Morgan fingerprint density at radius 3 is 2.44 bits per heavy atom. The smallest absolute Gasteiger partial charge is 0.308 e. The van der Waals surface area contributed by atoms with E-state index in [1.165, 1.54) is 5.56 Å². The molecule has 4 N–H and O–H groups in total. The number of nitrogens with zero attached hydrogens (tertiary/aromatic N) is 4. The van der Waals surface area contributed by atoms with Gasteiger partial charge < -0.3 is 20.3 Å². The Hall–Kier alpha value is -2.68. The topological polar surface area (TPSA) is 109 Å². The van der Waals surface area contributed by atoms with E-state index in [4.69, 9.17) is 32.0 Å². The Labute approximate surface area is 205 Å². The fourth-order valence-electron chi connectivity index (χ4n) is 5.90. The minimum absolute atomic E-state index is 0.0297. The number of allylic oxidation sites excluding steroid dienone is 1. The van der Waals surface area contributed by atoms with Gasteiger partial charge >= 0.3 is 5.97 Å². The van der Waals surface area contributed by atoms with Crippen molar-refractivity contribution in [1.29, 1.82) is 0 Å². The van der Waals surface area contributed by atoms with Gasteiger partial charge in [-0.2, -0.15) is 0 Å². The van der Waals surface area contributed by atoms with Crippen LogP contribution in [0.5, 0.6) is 0 Å². The Bertz CT molecular complexity index is 945. The van der Waals surface area contributed by atoms with Gasteiger partial charge in [0.05, 0.1) is 18.2 Å². The van der Waals surface area contributed by atoms with Crippen molar-refractivity contribution in [3.63, 3.8) is 0 Å². The molecule has 9 nitrogen and oxygen atoms in total. The number of piperazine rings is 1. The number of halogens is 1. The number of carbonyl (C=O) groups excluding carboxylic acids is 1. The molecule has 2 bridgehead atoms. The molecular weight excluding hydrogens is 454 g/mol. The molecule has 3 aliphatic heterocycles. The second-order valence-corrected chi connectivity index (χ2v) is 10.2. The van der Waals surface area contributed by atoms with Crippen LogP contribution >= 0.6 is 11.6 Å². The highest BCUT2D eigenvalue weighted by Crippen LogP contribution is 2.36. The van der Waals surface area contributed by atoms with Crippen LogP contribution in [-0.2, 0) is 16.0 Å². The molecule has 1 aliphatic carbocycles. The van der Waals surface area contributed by atoms with E-state index in [1.807, 2.05) is 25.4 Å². The summed E-state index contributed by atoms with van der Waals surface area (Å²) >= 11 is 6.15. The Morgan fingerprint density at radius 1 is 1.12 bits per heavy atom. The van der Waals surface area contributed by atoms with Crippen LogP contribution in [0, 0.1) is 11.8 Å². The van der Waals surface area contributed by atoms with Crippen molar-refractivity contribution < 1.29 is 9.53 Å². The summed E-state index contributed by atoms with van der Waals surface area (Å²) in [4.78, 5) is 26.2. The summed E-state index contributed by atoms with van der Waals surface area (Å²) in [6.07, 6.45) is 13.0. The molecule has 34 heavy (non-hydrogen) atoms. The van der Waals surface area contributed by atoms with Crippen LogP contribution in [0.1, 0.15) is 51.0 Å². The molecule has 0 spiro atoms. The third kappa shape index (κ3) is 4.76. The zero-order chi connectivity index (χ0) is 23.7. The first-order valence-electron chi connectivity index (χ1n) is 12.4. The highest BCUT2D eigenvalue weighted by Gasteiger charge is 2.42. The number of esters is 1. The van der Waals surface area contributed by atoms with Crippen molar-refractivity contribution in [2.24, 2.45) is 17.6 Å². The number of rotatable bonds is 6. The maximum atomic E-state index is 12.0. The number of aromatic nitrogens is 2. The highest BCUT2D eigenvalue weighted by molar-refractivity contribution is 6.29. The second kappa shape index (κ2) is 9.90. The van der Waals surface area contributed by atoms with Crippen LogP contribution in [0.2, 0.25) is 0 Å².